The highest BCUT2D eigenvalue weighted by Crippen LogP contribution is 2.17. The first-order valence-electron chi connectivity index (χ1n) is 6.40. The second-order valence-corrected chi connectivity index (χ2v) is 4.81. The summed E-state index contributed by atoms with van der Waals surface area (Å²) in [4.78, 5) is 16.0. The number of aryl methyl sites for hydroxylation is 1. The number of carbonyl (C=O) groups is 1. The molecule has 0 aliphatic heterocycles. The van der Waals surface area contributed by atoms with Gasteiger partial charge in [-0.15, -0.1) is 0 Å². The summed E-state index contributed by atoms with van der Waals surface area (Å²) in [6, 6.07) is 13.5. The van der Waals surface area contributed by atoms with Crippen molar-refractivity contribution in [2.75, 3.05) is 0 Å². The minimum atomic E-state index is -0.952. The molecule has 20 heavy (non-hydrogen) atoms. The lowest BCUT2D eigenvalue weighted by Gasteiger charge is -2.01. The van der Waals surface area contributed by atoms with E-state index in [2.05, 4.69) is 4.98 Å². The normalized spacial score (nSPS) is 10.8. The van der Waals surface area contributed by atoms with Crippen LogP contribution in [0.4, 0.5) is 0 Å². The van der Waals surface area contributed by atoms with E-state index in [4.69, 9.17) is 0 Å². The molecule has 0 radical (unpaired) electrons. The first-order chi connectivity index (χ1) is 9.65. The van der Waals surface area contributed by atoms with Crippen LogP contribution in [0.3, 0.4) is 0 Å². The average Bonchev–Trinajstić information content (AvgIpc) is 2.76. The second-order valence-electron chi connectivity index (χ2n) is 4.81. The number of benzene rings is 1. The van der Waals surface area contributed by atoms with Gasteiger partial charge in [-0.1, -0.05) is 30.3 Å². The van der Waals surface area contributed by atoms with Gasteiger partial charge in [-0.05, 0) is 30.2 Å². The molecule has 2 heterocycles. The molecule has 0 saturated carbocycles. The van der Waals surface area contributed by atoms with E-state index in [9.17, 15) is 9.90 Å². The van der Waals surface area contributed by atoms with Crippen LogP contribution < -0.4 is 0 Å². The van der Waals surface area contributed by atoms with E-state index < -0.39 is 5.97 Å². The van der Waals surface area contributed by atoms with Crippen LogP contribution in [0.5, 0.6) is 0 Å². The largest absolute Gasteiger partial charge is 0.477 e. The maximum absolute atomic E-state index is 11.5. The van der Waals surface area contributed by atoms with Crippen LogP contribution in [0.2, 0.25) is 0 Å². The highest BCUT2D eigenvalue weighted by Gasteiger charge is 2.18. The predicted molar refractivity (Wildman–Crippen MR) is 76.1 cm³/mol. The van der Waals surface area contributed by atoms with Crippen molar-refractivity contribution < 1.29 is 9.90 Å². The van der Waals surface area contributed by atoms with Crippen molar-refractivity contribution in [2.45, 2.75) is 13.3 Å². The minimum Gasteiger partial charge on any atom is -0.477 e. The Labute approximate surface area is 116 Å². The van der Waals surface area contributed by atoms with Crippen LogP contribution in [-0.4, -0.2) is 20.5 Å². The van der Waals surface area contributed by atoms with Gasteiger partial charge >= 0.3 is 5.97 Å². The summed E-state index contributed by atoms with van der Waals surface area (Å²) in [6.45, 7) is 1.96. The Morgan fingerprint density at radius 2 is 2.00 bits per heavy atom. The number of aromatic nitrogens is 2. The lowest BCUT2D eigenvalue weighted by atomic mass is 10.1. The van der Waals surface area contributed by atoms with Crippen molar-refractivity contribution in [3.05, 3.63) is 71.2 Å². The predicted octanol–water partition coefficient (Wildman–Crippen LogP) is 2.93. The monoisotopic (exact) mass is 266 g/mol. The molecule has 2 aromatic heterocycles. The highest BCUT2D eigenvalue weighted by atomic mass is 16.4. The number of hydrogen-bond donors (Lipinski definition) is 1. The van der Waals surface area contributed by atoms with Crippen LogP contribution in [0.25, 0.3) is 5.65 Å². The fourth-order valence-electron chi connectivity index (χ4n) is 2.33. The third-order valence-electron chi connectivity index (χ3n) is 3.27. The van der Waals surface area contributed by atoms with E-state index in [1.165, 1.54) is 0 Å². The number of carboxylic acids is 1. The van der Waals surface area contributed by atoms with Gasteiger partial charge in [0.1, 0.15) is 5.65 Å². The zero-order valence-electron chi connectivity index (χ0n) is 11.1. The van der Waals surface area contributed by atoms with Gasteiger partial charge in [0.2, 0.25) is 0 Å². The number of nitrogens with zero attached hydrogens (tertiary/aromatic N) is 2. The van der Waals surface area contributed by atoms with Gasteiger partial charge in [0.15, 0.2) is 5.69 Å². The number of rotatable bonds is 3. The molecule has 0 fully saturated rings. The van der Waals surface area contributed by atoms with E-state index in [1.54, 1.807) is 10.6 Å². The molecule has 4 heteroatoms. The molecule has 100 valence electrons. The summed E-state index contributed by atoms with van der Waals surface area (Å²) in [5.74, 6) is -0.952. The van der Waals surface area contributed by atoms with Gasteiger partial charge in [0, 0.05) is 12.6 Å². The van der Waals surface area contributed by atoms with Crippen LogP contribution in [0.1, 0.15) is 27.3 Å². The van der Waals surface area contributed by atoms with Gasteiger partial charge in [-0.25, -0.2) is 9.78 Å². The summed E-state index contributed by atoms with van der Waals surface area (Å²) in [5.41, 5.74) is 3.62. The summed E-state index contributed by atoms with van der Waals surface area (Å²) in [7, 11) is 0. The third-order valence-corrected chi connectivity index (χ3v) is 3.27. The standard InChI is InChI=1S/C16H14N2O2/c1-11-7-8-18-14(9-11)17-13(15(18)16(19)20)10-12-5-3-2-4-6-12/h2-9H,10H2,1H3,(H,19,20). The molecular formula is C16H14N2O2. The van der Waals surface area contributed by atoms with Gasteiger partial charge < -0.3 is 5.11 Å². The third kappa shape index (κ3) is 2.16. The summed E-state index contributed by atoms with van der Waals surface area (Å²) in [5, 5.41) is 9.44. The molecule has 1 aromatic carbocycles. The molecule has 1 N–H and O–H groups in total. The number of aromatic carboxylic acids is 1. The zero-order chi connectivity index (χ0) is 14.1. The molecular weight excluding hydrogens is 252 g/mol. The molecule has 4 nitrogen and oxygen atoms in total. The number of carboxylic acid groups (broad SMARTS) is 1. The van der Waals surface area contributed by atoms with E-state index in [0.29, 0.717) is 17.8 Å². The van der Waals surface area contributed by atoms with Gasteiger partial charge in [0.05, 0.1) is 5.69 Å². The van der Waals surface area contributed by atoms with Gasteiger partial charge in [0.25, 0.3) is 0 Å². The molecule has 0 saturated heterocycles. The summed E-state index contributed by atoms with van der Waals surface area (Å²) >= 11 is 0. The van der Waals surface area contributed by atoms with E-state index in [1.807, 2.05) is 49.4 Å². The first kappa shape index (κ1) is 12.4. The molecule has 0 unspecified atom stereocenters. The molecule has 0 atom stereocenters. The van der Waals surface area contributed by atoms with Gasteiger partial charge in [-0.3, -0.25) is 4.40 Å². The first-order valence-corrected chi connectivity index (χ1v) is 6.40. The number of pyridine rings is 1. The Balaban J connectivity index is 2.14. The van der Waals surface area contributed by atoms with Crippen LogP contribution in [-0.2, 0) is 6.42 Å². The molecule has 0 amide bonds. The number of hydrogen-bond acceptors (Lipinski definition) is 2. The summed E-state index contributed by atoms with van der Waals surface area (Å²) < 4.78 is 1.63. The lowest BCUT2D eigenvalue weighted by Crippen LogP contribution is -2.05. The quantitative estimate of drug-likeness (QED) is 0.793. The molecule has 3 aromatic rings. The Morgan fingerprint density at radius 3 is 2.70 bits per heavy atom. The molecule has 0 bridgehead atoms. The molecule has 0 spiro atoms. The highest BCUT2D eigenvalue weighted by molar-refractivity contribution is 5.88. The maximum atomic E-state index is 11.5. The minimum absolute atomic E-state index is 0.240. The van der Waals surface area contributed by atoms with Crippen molar-refractivity contribution in [2.24, 2.45) is 0 Å². The Kier molecular flexibility index (Phi) is 2.99. The zero-order valence-corrected chi connectivity index (χ0v) is 11.1. The molecule has 3 rings (SSSR count). The van der Waals surface area contributed by atoms with E-state index in [-0.39, 0.29) is 5.69 Å². The fourth-order valence-corrected chi connectivity index (χ4v) is 2.33. The molecule has 0 aliphatic rings. The summed E-state index contributed by atoms with van der Waals surface area (Å²) in [6.07, 6.45) is 2.28. The Hall–Kier alpha value is -2.62. The van der Waals surface area contributed by atoms with Crippen molar-refractivity contribution >= 4 is 11.6 Å². The maximum Gasteiger partial charge on any atom is 0.354 e. The SMILES string of the molecule is Cc1ccn2c(C(=O)O)c(Cc3ccccc3)nc2c1. The smallest absolute Gasteiger partial charge is 0.354 e. The van der Waals surface area contributed by atoms with Crippen LogP contribution in [0.15, 0.2) is 48.7 Å². The number of fused-ring (bicyclic) bond motifs is 1. The van der Waals surface area contributed by atoms with Crippen molar-refractivity contribution in [1.82, 2.24) is 9.38 Å². The van der Waals surface area contributed by atoms with Crippen molar-refractivity contribution in [3.8, 4) is 0 Å². The molecule has 0 aliphatic carbocycles. The van der Waals surface area contributed by atoms with Crippen molar-refractivity contribution in [3.63, 3.8) is 0 Å². The van der Waals surface area contributed by atoms with E-state index >= 15 is 0 Å². The van der Waals surface area contributed by atoms with Crippen molar-refractivity contribution in [1.29, 1.82) is 0 Å². The Morgan fingerprint density at radius 1 is 1.25 bits per heavy atom. The van der Waals surface area contributed by atoms with Crippen LogP contribution in [0, 0.1) is 6.92 Å². The fraction of sp³-hybridized carbons (Fsp3) is 0.125. The second kappa shape index (κ2) is 4.81. The van der Waals surface area contributed by atoms with E-state index in [0.717, 1.165) is 11.1 Å². The topological polar surface area (TPSA) is 54.6 Å². The van der Waals surface area contributed by atoms with Crippen LogP contribution >= 0.6 is 0 Å². The number of imidazole rings is 1. The Bertz CT molecular complexity index is 776. The lowest BCUT2D eigenvalue weighted by molar-refractivity contribution is 0.0688. The van der Waals surface area contributed by atoms with Gasteiger partial charge in [-0.2, -0.15) is 0 Å². The average molecular weight is 266 g/mol.